The van der Waals surface area contributed by atoms with Crippen LogP contribution in [0.25, 0.3) is 0 Å². The Bertz CT molecular complexity index is 317. The molecule has 0 aliphatic rings. The molecule has 0 aliphatic heterocycles. The number of carbonyl (C=O) groups is 1. The Hall–Kier alpha value is -0.460. The molecule has 3 atom stereocenters. The Morgan fingerprint density at radius 1 is 1.22 bits per heavy atom. The quantitative estimate of drug-likeness (QED) is 0.370. The van der Waals surface area contributed by atoms with Gasteiger partial charge in [0.1, 0.15) is 6.16 Å². The van der Waals surface area contributed by atoms with Crippen molar-refractivity contribution in [3.8, 4) is 0 Å². The summed E-state index contributed by atoms with van der Waals surface area (Å²) in [5.74, 6) is -0.906. The van der Waals surface area contributed by atoms with Gasteiger partial charge in [-0.2, -0.15) is 0 Å². The number of carbonyl (C=O) groups excluding carboxylic acids is 1. The van der Waals surface area contributed by atoms with Gasteiger partial charge in [-0.05, 0) is 5.92 Å². The van der Waals surface area contributed by atoms with E-state index >= 15 is 0 Å². The lowest BCUT2D eigenvalue weighted by atomic mass is 9.90. The van der Waals surface area contributed by atoms with Gasteiger partial charge in [0.15, 0.2) is 0 Å². The maximum atomic E-state index is 11.1. The van der Waals surface area contributed by atoms with E-state index in [0.29, 0.717) is 0 Å². The third kappa shape index (κ3) is 7.08. The minimum absolute atomic E-state index is 0.000417. The number of rotatable bonds is 7. The number of hydrogen-bond donors (Lipinski definition) is 4. The highest BCUT2D eigenvalue weighted by atomic mass is 31.2. The fourth-order valence-corrected chi connectivity index (χ4v) is 1.80. The van der Waals surface area contributed by atoms with E-state index in [2.05, 4.69) is 0 Å². The maximum absolute atomic E-state index is 11.1. The summed E-state index contributed by atoms with van der Waals surface area (Å²) < 4.78 is 15.3. The number of hydrogen-bond acceptors (Lipinski definition) is 5. The topological polar surface area (TPSA) is 136 Å². The Balaban J connectivity index is 4.14. The lowest BCUT2D eigenvalue weighted by molar-refractivity contribution is -0.142. The molecule has 0 aromatic heterocycles. The minimum atomic E-state index is -4.37. The van der Waals surface area contributed by atoms with E-state index in [0.717, 1.165) is 0 Å². The average molecular weight is 282 g/mol. The van der Waals surface area contributed by atoms with Gasteiger partial charge in [-0.25, -0.2) is 0 Å². The van der Waals surface area contributed by atoms with E-state index in [9.17, 15) is 9.36 Å². The lowest BCUT2D eigenvalue weighted by Crippen LogP contribution is -2.49. The fourth-order valence-electron chi connectivity index (χ4n) is 1.37. The second kappa shape index (κ2) is 7.21. The maximum Gasteiger partial charge on any atom is 0.336 e. The van der Waals surface area contributed by atoms with Crippen molar-refractivity contribution >= 4 is 13.6 Å². The van der Waals surface area contributed by atoms with E-state index in [-0.39, 0.29) is 30.5 Å². The van der Waals surface area contributed by atoms with Crippen LogP contribution >= 0.6 is 7.60 Å². The summed E-state index contributed by atoms with van der Waals surface area (Å²) in [6, 6.07) is -0.562. The molecule has 0 bridgehead atoms. The summed E-state index contributed by atoms with van der Waals surface area (Å²) >= 11 is 0. The summed E-state index contributed by atoms with van der Waals surface area (Å²) in [5.41, 5.74) is 11.8. The van der Waals surface area contributed by atoms with Crippen LogP contribution in [0.15, 0.2) is 0 Å². The molecule has 0 radical (unpaired) electrons. The van der Waals surface area contributed by atoms with Gasteiger partial charge in [-0.15, -0.1) is 0 Å². The highest BCUT2D eigenvalue weighted by molar-refractivity contribution is 7.52. The highest BCUT2D eigenvalue weighted by Gasteiger charge is 2.25. The molecule has 0 amide bonds. The van der Waals surface area contributed by atoms with Crippen LogP contribution in [0, 0.1) is 11.8 Å². The zero-order chi connectivity index (χ0) is 14.5. The van der Waals surface area contributed by atoms with Crippen LogP contribution < -0.4 is 11.5 Å². The van der Waals surface area contributed by atoms with Gasteiger partial charge in [0.05, 0.1) is 6.61 Å². The fraction of sp³-hybridized carbons (Fsp3) is 0.900. The van der Waals surface area contributed by atoms with Gasteiger partial charge < -0.3 is 26.0 Å². The Labute approximate surface area is 107 Å². The van der Waals surface area contributed by atoms with Crippen LogP contribution in [0.2, 0.25) is 0 Å². The molecule has 7 nitrogen and oxygen atoms in total. The first-order valence-electron chi connectivity index (χ1n) is 5.76. The molecule has 0 rings (SSSR count). The molecule has 0 heterocycles. The molecular formula is C10H23N2O5P. The second-order valence-corrected chi connectivity index (χ2v) is 6.53. The molecule has 0 fully saturated rings. The molecular weight excluding hydrogens is 259 g/mol. The van der Waals surface area contributed by atoms with Crippen molar-refractivity contribution in [2.24, 2.45) is 23.3 Å². The summed E-state index contributed by atoms with van der Waals surface area (Å²) in [7, 11) is -4.37. The van der Waals surface area contributed by atoms with Crippen molar-refractivity contribution in [3.63, 3.8) is 0 Å². The summed E-state index contributed by atoms with van der Waals surface area (Å²) in [5, 5.41) is 0. The molecule has 108 valence electrons. The molecule has 18 heavy (non-hydrogen) atoms. The zero-order valence-corrected chi connectivity index (χ0v) is 11.8. The smallest absolute Gasteiger partial charge is 0.336 e. The normalized spacial score (nSPS) is 17.3. The van der Waals surface area contributed by atoms with Crippen molar-refractivity contribution in [1.29, 1.82) is 0 Å². The van der Waals surface area contributed by atoms with E-state index in [1.807, 2.05) is 13.8 Å². The van der Waals surface area contributed by atoms with Crippen LogP contribution in [-0.4, -0.2) is 40.6 Å². The van der Waals surface area contributed by atoms with Gasteiger partial charge in [-0.1, -0.05) is 20.8 Å². The lowest BCUT2D eigenvalue weighted by Gasteiger charge is -2.28. The van der Waals surface area contributed by atoms with Crippen molar-refractivity contribution < 1.29 is 23.9 Å². The van der Waals surface area contributed by atoms with Gasteiger partial charge in [0.2, 0.25) is 0 Å². The molecule has 0 spiro atoms. The molecule has 0 saturated carbocycles. The van der Waals surface area contributed by atoms with Crippen LogP contribution in [-0.2, 0) is 14.1 Å². The molecule has 0 aliphatic carbocycles. The van der Waals surface area contributed by atoms with Crippen molar-refractivity contribution in [3.05, 3.63) is 0 Å². The molecule has 0 aromatic carbocycles. The SMILES string of the molecule is CC(C)C(N)C(N)C(C)COC(=O)CP(=O)(O)O. The third-order valence-corrected chi connectivity index (χ3v) is 3.38. The monoisotopic (exact) mass is 282 g/mol. The average Bonchev–Trinajstić information content (AvgIpc) is 2.21. The second-order valence-electron chi connectivity index (χ2n) is 4.88. The van der Waals surface area contributed by atoms with E-state index < -0.39 is 19.7 Å². The van der Waals surface area contributed by atoms with Gasteiger partial charge >= 0.3 is 13.6 Å². The predicted molar refractivity (Wildman–Crippen MR) is 67.8 cm³/mol. The Morgan fingerprint density at radius 2 is 1.72 bits per heavy atom. The van der Waals surface area contributed by atoms with E-state index in [1.54, 1.807) is 6.92 Å². The summed E-state index contributed by atoms with van der Waals surface area (Å²) in [4.78, 5) is 28.3. The van der Waals surface area contributed by atoms with Crippen LogP contribution in [0.5, 0.6) is 0 Å². The predicted octanol–water partition coefficient (Wildman–Crippen LogP) is -0.346. The first-order valence-corrected chi connectivity index (χ1v) is 7.55. The number of esters is 1. The van der Waals surface area contributed by atoms with Crippen molar-refractivity contribution in [2.45, 2.75) is 32.9 Å². The van der Waals surface area contributed by atoms with Crippen molar-refractivity contribution in [2.75, 3.05) is 12.8 Å². The summed E-state index contributed by atoms with van der Waals surface area (Å²) in [6.07, 6.45) is -0.912. The first kappa shape index (κ1) is 17.5. The van der Waals surface area contributed by atoms with Gasteiger partial charge in [0.25, 0.3) is 0 Å². The minimum Gasteiger partial charge on any atom is -0.465 e. The highest BCUT2D eigenvalue weighted by Crippen LogP contribution is 2.33. The molecule has 3 unspecified atom stereocenters. The Kier molecular flexibility index (Phi) is 7.02. The van der Waals surface area contributed by atoms with Gasteiger partial charge in [0, 0.05) is 18.0 Å². The Morgan fingerprint density at radius 3 is 2.11 bits per heavy atom. The first-order chi connectivity index (χ1) is 8.04. The molecule has 0 aromatic rings. The molecule has 8 heteroatoms. The van der Waals surface area contributed by atoms with Crippen LogP contribution in [0.4, 0.5) is 0 Å². The van der Waals surface area contributed by atoms with E-state index in [1.165, 1.54) is 0 Å². The molecule has 6 N–H and O–H groups in total. The third-order valence-electron chi connectivity index (χ3n) is 2.71. The number of ether oxygens (including phenoxy) is 1. The van der Waals surface area contributed by atoms with E-state index in [4.69, 9.17) is 26.0 Å². The molecule has 0 saturated heterocycles. The van der Waals surface area contributed by atoms with Gasteiger partial charge in [-0.3, -0.25) is 9.36 Å². The number of nitrogens with two attached hydrogens (primary N) is 2. The standard InChI is InChI=1S/C10H23N2O5P/c1-6(2)9(11)10(12)7(3)4-17-8(13)5-18(14,15)16/h6-7,9-10H,4-5,11-12H2,1-3H3,(H2,14,15,16). The zero-order valence-electron chi connectivity index (χ0n) is 10.9. The largest absolute Gasteiger partial charge is 0.465 e. The van der Waals surface area contributed by atoms with Crippen molar-refractivity contribution in [1.82, 2.24) is 0 Å². The van der Waals surface area contributed by atoms with Crippen LogP contribution in [0.3, 0.4) is 0 Å². The summed E-state index contributed by atoms with van der Waals surface area (Å²) in [6.45, 7) is 5.66. The van der Waals surface area contributed by atoms with Crippen LogP contribution in [0.1, 0.15) is 20.8 Å².